The smallest absolute Gasteiger partial charge is 0.251 e. The highest BCUT2D eigenvalue weighted by Crippen LogP contribution is 2.27. The number of nitrogens with zero attached hydrogens (tertiary/aromatic N) is 1. The average Bonchev–Trinajstić information content (AvgIpc) is 3.04. The van der Waals surface area contributed by atoms with Gasteiger partial charge >= 0.3 is 0 Å². The zero-order chi connectivity index (χ0) is 17.5. The Morgan fingerprint density at radius 2 is 2.00 bits per heavy atom. The molecule has 0 saturated carbocycles. The van der Waals surface area contributed by atoms with Gasteiger partial charge in [0.25, 0.3) is 5.91 Å². The van der Waals surface area contributed by atoms with Crippen LogP contribution in [0.25, 0.3) is 0 Å². The summed E-state index contributed by atoms with van der Waals surface area (Å²) in [7, 11) is 1.61. The molecule has 1 fully saturated rings. The fourth-order valence-corrected chi connectivity index (χ4v) is 4.21. The van der Waals surface area contributed by atoms with Crippen molar-refractivity contribution < 1.29 is 9.53 Å². The van der Waals surface area contributed by atoms with Gasteiger partial charge in [0.1, 0.15) is 5.75 Å². The van der Waals surface area contributed by atoms with Crippen LogP contribution in [0, 0.1) is 0 Å². The summed E-state index contributed by atoms with van der Waals surface area (Å²) in [5, 5.41) is 5.24. The molecule has 1 aliphatic heterocycles. The molecule has 0 bridgehead atoms. The first kappa shape index (κ1) is 18.0. The summed E-state index contributed by atoms with van der Waals surface area (Å²) in [6.07, 6.45) is 5.10. The van der Waals surface area contributed by atoms with Crippen molar-refractivity contribution in [3.05, 3.63) is 52.2 Å². The second kappa shape index (κ2) is 9.02. The minimum atomic E-state index is -0.0460. The highest BCUT2D eigenvalue weighted by atomic mass is 32.1. The highest BCUT2D eigenvalue weighted by molar-refractivity contribution is 7.10. The number of ether oxygens (including phenoxy) is 1. The maximum atomic E-state index is 12.6. The summed E-state index contributed by atoms with van der Waals surface area (Å²) >= 11 is 1.77. The molecule has 0 aliphatic carbocycles. The first-order chi connectivity index (χ1) is 12.3. The Morgan fingerprint density at radius 1 is 1.20 bits per heavy atom. The van der Waals surface area contributed by atoms with E-state index in [0.717, 1.165) is 13.1 Å². The van der Waals surface area contributed by atoms with Crippen LogP contribution in [0.15, 0.2) is 41.8 Å². The van der Waals surface area contributed by atoms with E-state index in [1.54, 1.807) is 24.5 Å². The lowest BCUT2D eigenvalue weighted by molar-refractivity contribution is 0.0933. The van der Waals surface area contributed by atoms with Crippen molar-refractivity contribution in [1.82, 2.24) is 10.2 Å². The van der Waals surface area contributed by atoms with Crippen LogP contribution in [0.2, 0.25) is 0 Å². The number of likely N-dealkylation sites (tertiary alicyclic amines) is 1. The maximum Gasteiger partial charge on any atom is 0.251 e. The normalized spacial score (nSPS) is 16.8. The van der Waals surface area contributed by atoms with Gasteiger partial charge in [-0.1, -0.05) is 25.0 Å². The van der Waals surface area contributed by atoms with Gasteiger partial charge in [-0.3, -0.25) is 9.69 Å². The maximum absolute atomic E-state index is 12.6. The van der Waals surface area contributed by atoms with Gasteiger partial charge in [0.2, 0.25) is 0 Å². The van der Waals surface area contributed by atoms with Gasteiger partial charge in [0.05, 0.1) is 13.2 Å². The Hall–Kier alpha value is -1.85. The van der Waals surface area contributed by atoms with Gasteiger partial charge < -0.3 is 10.1 Å². The second-order valence-corrected chi connectivity index (χ2v) is 7.40. The summed E-state index contributed by atoms with van der Waals surface area (Å²) in [5.74, 6) is 0.658. The van der Waals surface area contributed by atoms with E-state index in [-0.39, 0.29) is 11.9 Å². The Morgan fingerprint density at radius 3 is 2.68 bits per heavy atom. The number of thiophene rings is 1. The lowest BCUT2D eigenvalue weighted by Gasteiger charge is -2.30. The van der Waals surface area contributed by atoms with Gasteiger partial charge in [-0.25, -0.2) is 0 Å². The molecule has 4 nitrogen and oxygen atoms in total. The molecule has 5 heteroatoms. The molecule has 25 heavy (non-hydrogen) atoms. The average molecular weight is 359 g/mol. The molecule has 1 amide bonds. The Kier molecular flexibility index (Phi) is 6.48. The molecule has 1 aromatic carbocycles. The third-order valence-electron chi connectivity index (χ3n) is 4.74. The molecule has 2 heterocycles. The van der Waals surface area contributed by atoms with E-state index in [9.17, 15) is 4.79 Å². The molecule has 1 saturated heterocycles. The molecule has 1 aliphatic rings. The summed E-state index contributed by atoms with van der Waals surface area (Å²) in [4.78, 5) is 16.4. The van der Waals surface area contributed by atoms with Crippen LogP contribution in [-0.2, 0) is 0 Å². The molecule has 1 aromatic heterocycles. The molecule has 0 spiro atoms. The van der Waals surface area contributed by atoms with Gasteiger partial charge in [-0.15, -0.1) is 11.3 Å². The minimum Gasteiger partial charge on any atom is -0.497 e. The monoisotopic (exact) mass is 358 g/mol. The van der Waals surface area contributed by atoms with E-state index in [1.807, 2.05) is 18.2 Å². The number of carbonyl (C=O) groups excluding carboxylic acids is 1. The second-order valence-electron chi connectivity index (χ2n) is 6.42. The quantitative estimate of drug-likeness (QED) is 0.845. The van der Waals surface area contributed by atoms with Gasteiger partial charge in [-0.05, 0) is 55.6 Å². The lowest BCUT2D eigenvalue weighted by atomic mass is 10.1. The van der Waals surface area contributed by atoms with Crippen molar-refractivity contribution in [2.75, 3.05) is 26.7 Å². The van der Waals surface area contributed by atoms with Crippen molar-refractivity contribution in [3.8, 4) is 5.75 Å². The zero-order valence-electron chi connectivity index (χ0n) is 14.7. The third-order valence-corrected chi connectivity index (χ3v) is 5.71. The Balaban J connectivity index is 1.68. The van der Waals surface area contributed by atoms with E-state index >= 15 is 0 Å². The molecule has 134 valence electrons. The molecule has 3 rings (SSSR count). The number of carbonyl (C=O) groups is 1. The van der Waals surface area contributed by atoms with E-state index in [1.165, 1.54) is 30.6 Å². The minimum absolute atomic E-state index is 0.0460. The van der Waals surface area contributed by atoms with Crippen LogP contribution in [0.5, 0.6) is 5.75 Å². The van der Waals surface area contributed by atoms with Crippen LogP contribution >= 0.6 is 11.3 Å². The van der Waals surface area contributed by atoms with E-state index in [2.05, 4.69) is 27.7 Å². The Labute approximate surface area is 153 Å². The van der Waals surface area contributed by atoms with Gasteiger partial charge in [0.15, 0.2) is 0 Å². The molecule has 0 radical (unpaired) electrons. The van der Waals surface area contributed by atoms with Crippen LogP contribution in [-0.4, -0.2) is 37.6 Å². The number of amides is 1. The molecule has 0 unspecified atom stereocenters. The molecule has 1 N–H and O–H groups in total. The molecule has 1 atom stereocenters. The predicted molar refractivity (Wildman–Crippen MR) is 102 cm³/mol. The van der Waals surface area contributed by atoms with Crippen molar-refractivity contribution in [3.63, 3.8) is 0 Å². The van der Waals surface area contributed by atoms with E-state index < -0.39 is 0 Å². The van der Waals surface area contributed by atoms with Crippen molar-refractivity contribution >= 4 is 17.2 Å². The number of hydrogen-bond acceptors (Lipinski definition) is 4. The Bertz CT molecular complexity index is 664. The SMILES string of the molecule is COc1cccc(C(=O)NC[C@@H](c2cccs2)N2CCCCCC2)c1. The number of methoxy groups -OCH3 is 1. The summed E-state index contributed by atoms with van der Waals surface area (Å²) < 4.78 is 5.21. The number of nitrogens with one attached hydrogen (secondary N) is 1. The lowest BCUT2D eigenvalue weighted by Crippen LogP contribution is -2.38. The van der Waals surface area contributed by atoms with Crippen LogP contribution in [0.3, 0.4) is 0 Å². The highest BCUT2D eigenvalue weighted by Gasteiger charge is 2.23. The van der Waals surface area contributed by atoms with Crippen molar-refractivity contribution in [2.24, 2.45) is 0 Å². The molecular weight excluding hydrogens is 332 g/mol. The summed E-state index contributed by atoms with van der Waals surface area (Å²) in [5.41, 5.74) is 0.639. The number of hydrogen-bond donors (Lipinski definition) is 1. The summed E-state index contributed by atoms with van der Waals surface area (Å²) in [6.45, 7) is 2.85. The zero-order valence-corrected chi connectivity index (χ0v) is 15.6. The fourth-order valence-electron chi connectivity index (χ4n) is 3.35. The standard InChI is InChI=1S/C20H26N2O2S/c1-24-17-9-6-8-16(14-17)20(23)21-15-18(19-10-7-13-25-19)22-11-4-2-3-5-12-22/h6-10,13-14,18H,2-5,11-12,15H2,1H3,(H,21,23)/t18-/m0/s1. The topological polar surface area (TPSA) is 41.6 Å². The summed E-state index contributed by atoms with van der Waals surface area (Å²) in [6, 6.07) is 11.8. The van der Waals surface area contributed by atoms with Crippen molar-refractivity contribution in [1.29, 1.82) is 0 Å². The van der Waals surface area contributed by atoms with Crippen LogP contribution < -0.4 is 10.1 Å². The van der Waals surface area contributed by atoms with Gasteiger partial charge in [-0.2, -0.15) is 0 Å². The predicted octanol–water partition coefficient (Wildman–Crippen LogP) is 4.10. The first-order valence-corrected chi connectivity index (χ1v) is 9.85. The van der Waals surface area contributed by atoms with Crippen LogP contribution in [0.1, 0.15) is 47.0 Å². The third kappa shape index (κ3) is 4.83. The molecule has 2 aromatic rings. The largest absolute Gasteiger partial charge is 0.497 e. The fraction of sp³-hybridized carbons (Fsp3) is 0.450. The number of benzene rings is 1. The number of rotatable bonds is 6. The van der Waals surface area contributed by atoms with E-state index in [0.29, 0.717) is 17.9 Å². The van der Waals surface area contributed by atoms with Gasteiger partial charge in [0, 0.05) is 17.0 Å². The van der Waals surface area contributed by atoms with Crippen LogP contribution in [0.4, 0.5) is 0 Å². The van der Waals surface area contributed by atoms with Crippen molar-refractivity contribution in [2.45, 2.75) is 31.7 Å². The molecular formula is C20H26N2O2S. The first-order valence-electron chi connectivity index (χ1n) is 8.97. The van der Waals surface area contributed by atoms with E-state index in [4.69, 9.17) is 4.74 Å².